The standard InChI is InChI=1S/C16H18N2O/c1-4-12(5-2)16-13(6-8-17)10-15(19-3)11-14(16)7-9-18/h4,10-11H,5-7H2,1-3H3. The van der Waals surface area contributed by atoms with Crippen LogP contribution in [0, 0.1) is 22.7 Å². The Kier molecular flexibility index (Phi) is 5.64. The second-order valence-electron chi connectivity index (χ2n) is 4.16. The molecule has 0 aliphatic carbocycles. The highest BCUT2D eigenvalue weighted by Crippen LogP contribution is 2.31. The minimum atomic E-state index is 0.322. The molecule has 0 saturated heterocycles. The van der Waals surface area contributed by atoms with E-state index in [1.54, 1.807) is 7.11 Å². The molecule has 0 heterocycles. The van der Waals surface area contributed by atoms with Crippen LogP contribution in [0.1, 0.15) is 37.0 Å². The highest BCUT2D eigenvalue weighted by Gasteiger charge is 2.14. The van der Waals surface area contributed by atoms with Gasteiger partial charge < -0.3 is 4.74 Å². The summed E-state index contributed by atoms with van der Waals surface area (Å²) in [4.78, 5) is 0. The first-order chi connectivity index (χ1) is 9.21. The Balaban J connectivity index is 3.54. The zero-order valence-electron chi connectivity index (χ0n) is 11.7. The van der Waals surface area contributed by atoms with Gasteiger partial charge in [0.15, 0.2) is 0 Å². The number of allylic oxidation sites excluding steroid dienone is 2. The van der Waals surface area contributed by atoms with Crippen molar-refractivity contribution in [1.82, 2.24) is 0 Å². The Morgan fingerprint density at radius 2 is 1.74 bits per heavy atom. The number of benzene rings is 1. The van der Waals surface area contributed by atoms with Crippen LogP contribution in [0.15, 0.2) is 18.2 Å². The summed E-state index contributed by atoms with van der Waals surface area (Å²) in [5.74, 6) is 0.700. The molecule has 0 N–H and O–H groups in total. The van der Waals surface area contributed by atoms with E-state index >= 15 is 0 Å². The largest absolute Gasteiger partial charge is 0.497 e. The maximum Gasteiger partial charge on any atom is 0.119 e. The lowest BCUT2D eigenvalue weighted by Gasteiger charge is -2.16. The molecule has 3 heteroatoms. The van der Waals surface area contributed by atoms with E-state index in [9.17, 15) is 0 Å². The maximum absolute atomic E-state index is 8.98. The molecule has 0 unspecified atom stereocenters. The summed E-state index contributed by atoms with van der Waals surface area (Å²) in [6.45, 7) is 4.06. The second kappa shape index (κ2) is 7.24. The number of nitrogens with zero attached hydrogens (tertiary/aromatic N) is 2. The molecule has 0 radical (unpaired) electrons. The first-order valence-electron chi connectivity index (χ1n) is 6.31. The third-order valence-corrected chi connectivity index (χ3v) is 3.10. The number of hydrogen-bond acceptors (Lipinski definition) is 3. The van der Waals surface area contributed by atoms with E-state index in [4.69, 9.17) is 15.3 Å². The molecule has 1 rings (SSSR count). The average Bonchev–Trinajstić information content (AvgIpc) is 2.42. The first kappa shape index (κ1) is 14.8. The van der Waals surface area contributed by atoms with Crippen LogP contribution in [-0.2, 0) is 12.8 Å². The summed E-state index contributed by atoms with van der Waals surface area (Å²) >= 11 is 0. The van der Waals surface area contributed by atoms with Crippen molar-refractivity contribution in [2.24, 2.45) is 0 Å². The van der Waals surface area contributed by atoms with Crippen molar-refractivity contribution in [3.05, 3.63) is 34.9 Å². The van der Waals surface area contributed by atoms with Crippen LogP contribution in [0.2, 0.25) is 0 Å². The van der Waals surface area contributed by atoms with E-state index in [2.05, 4.69) is 19.1 Å². The Morgan fingerprint density at radius 3 is 2.05 bits per heavy atom. The molecule has 1 aromatic carbocycles. The highest BCUT2D eigenvalue weighted by molar-refractivity contribution is 5.72. The zero-order chi connectivity index (χ0) is 14.3. The normalized spacial score (nSPS) is 10.7. The Hall–Kier alpha value is -2.26. The molecule has 0 saturated carbocycles. The van der Waals surface area contributed by atoms with Gasteiger partial charge in [-0.25, -0.2) is 0 Å². The van der Waals surface area contributed by atoms with Crippen LogP contribution in [0.3, 0.4) is 0 Å². The van der Waals surface area contributed by atoms with Crippen LogP contribution >= 0.6 is 0 Å². The molecule has 0 fully saturated rings. The molecule has 98 valence electrons. The lowest BCUT2D eigenvalue weighted by atomic mass is 9.90. The fourth-order valence-electron chi connectivity index (χ4n) is 2.24. The van der Waals surface area contributed by atoms with Crippen molar-refractivity contribution < 1.29 is 4.74 Å². The molecule has 3 nitrogen and oxygen atoms in total. The van der Waals surface area contributed by atoms with Crippen LogP contribution in [-0.4, -0.2) is 7.11 Å². The van der Waals surface area contributed by atoms with Gasteiger partial charge in [0.25, 0.3) is 0 Å². The number of ether oxygens (including phenoxy) is 1. The van der Waals surface area contributed by atoms with Gasteiger partial charge in [0.05, 0.1) is 32.1 Å². The third kappa shape index (κ3) is 3.36. The zero-order valence-corrected chi connectivity index (χ0v) is 11.7. The highest BCUT2D eigenvalue weighted by atomic mass is 16.5. The smallest absolute Gasteiger partial charge is 0.119 e. The number of methoxy groups -OCH3 is 1. The minimum Gasteiger partial charge on any atom is -0.497 e. The molecule has 0 aromatic heterocycles. The number of nitriles is 2. The van der Waals surface area contributed by atoms with Gasteiger partial charge in [0.1, 0.15) is 5.75 Å². The second-order valence-corrected chi connectivity index (χ2v) is 4.16. The molecule has 0 atom stereocenters. The quantitative estimate of drug-likeness (QED) is 0.806. The topological polar surface area (TPSA) is 56.8 Å². The van der Waals surface area contributed by atoms with E-state index in [-0.39, 0.29) is 0 Å². The molecule has 0 bridgehead atoms. The molecular formula is C16H18N2O. The fourth-order valence-corrected chi connectivity index (χ4v) is 2.24. The average molecular weight is 254 g/mol. The van der Waals surface area contributed by atoms with Crippen molar-refractivity contribution in [3.63, 3.8) is 0 Å². The van der Waals surface area contributed by atoms with Gasteiger partial charge in [-0.2, -0.15) is 10.5 Å². The third-order valence-electron chi connectivity index (χ3n) is 3.10. The van der Waals surface area contributed by atoms with E-state index in [1.165, 1.54) is 0 Å². The lowest BCUT2D eigenvalue weighted by Crippen LogP contribution is -2.01. The molecule has 0 aliphatic heterocycles. The predicted molar refractivity (Wildman–Crippen MR) is 75.6 cm³/mol. The van der Waals surface area contributed by atoms with Crippen molar-refractivity contribution in [3.8, 4) is 17.9 Å². The fraction of sp³-hybridized carbons (Fsp3) is 0.375. The Morgan fingerprint density at radius 1 is 1.21 bits per heavy atom. The Labute approximate surface area is 114 Å². The SMILES string of the molecule is CC=C(CC)c1c(CC#N)cc(OC)cc1CC#N. The van der Waals surface area contributed by atoms with Crippen molar-refractivity contribution >= 4 is 5.57 Å². The van der Waals surface area contributed by atoms with Gasteiger partial charge in [-0.05, 0) is 47.7 Å². The minimum absolute atomic E-state index is 0.322. The monoisotopic (exact) mass is 254 g/mol. The van der Waals surface area contributed by atoms with Gasteiger partial charge in [-0.3, -0.25) is 0 Å². The summed E-state index contributed by atoms with van der Waals surface area (Å²) < 4.78 is 5.25. The summed E-state index contributed by atoms with van der Waals surface area (Å²) in [7, 11) is 1.59. The van der Waals surface area contributed by atoms with E-state index in [0.29, 0.717) is 18.6 Å². The molecule has 1 aromatic rings. The maximum atomic E-state index is 8.98. The van der Waals surface area contributed by atoms with E-state index < -0.39 is 0 Å². The lowest BCUT2D eigenvalue weighted by molar-refractivity contribution is 0.414. The summed E-state index contributed by atoms with van der Waals surface area (Å²) in [6.07, 6.45) is 3.56. The van der Waals surface area contributed by atoms with E-state index in [1.807, 2.05) is 25.1 Å². The predicted octanol–water partition coefficient (Wildman–Crippen LogP) is 3.64. The molecule has 19 heavy (non-hydrogen) atoms. The molecule has 0 spiro atoms. The molecular weight excluding hydrogens is 236 g/mol. The first-order valence-corrected chi connectivity index (χ1v) is 6.31. The van der Waals surface area contributed by atoms with Crippen LogP contribution in [0.4, 0.5) is 0 Å². The van der Waals surface area contributed by atoms with Crippen LogP contribution in [0.5, 0.6) is 5.75 Å². The van der Waals surface area contributed by atoms with Gasteiger partial charge in [-0.15, -0.1) is 0 Å². The summed E-state index contributed by atoms with van der Waals surface area (Å²) in [5.41, 5.74) is 4.07. The van der Waals surface area contributed by atoms with Gasteiger partial charge in [-0.1, -0.05) is 13.0 Å². The van der Waals surface area contributed by atoms with Gasteiger partial charge in [0, 0.05) is 0 Å². The molecule has 0 amide bonds. The summed E-state index contributed by atoms with van der Waals surface area (Å²) in [6, 6.07) is 8.14. The van der Waals surface area contributed by atoms with Crippen LogP contribution < -0.4 is 4.74 Å². The van der Waals surface area contributed by atoms with Gasteiger partial charge >= 0.3 is 0 Å². The Bertz CT molecular complexity index is 522. The number of rotatable bonds is 5. The molecule has 0 aliphatic rings. The number of hydrogen-bond donors (Lipinski definition) is 0. The van der Waals surface area contributed by atoms with Crippen LogP contribution in [0.25, 0.3) is 5.57 Å². The van der Waals surface area contributed by atoms with Crippen molar-refractivity contribution in [1.29, 1.82) is 10.5 Å². The van der Waals surface area contributed by atoms with E-state index in [0.717, 1.165) is 28.7 Å². The summed E-state index contributed by atoms with van der Waals surface area (Å²) in [5, 5.41) is 18.0. The van der Waals surface area contributed by atoms with Crippen molar-refractivity contribution in [2.45, 2.75) is 33.1 Å². The van der Waals surface area contributed by atoms with Crippen molar-refractivity contribution in [2.75, 3.05) is 7.11 Å². The van der Waals surface area contributed by atoms with Gasteiger partial charge in [0.2, 0.25) is 0 Å².